The summed E-state index contributed by atoms with van der Waals surface area (Å²) in [4.78, 5) is 62.0. The highest BCUT2D eigenvalue weighted by Gasteiger charge is 2.39. The molecule has 47 heavy (non-hydrogen) atoms. The van der Waals surface area contributed by atoms with Gasteiger partial charge in [0.05, 0.1) is 17.4 Å². The number of ether oxygens (including phenoxy) is 1. The monoisotopic (exact) mass is 645 g/mol. The average Bonchev–Trinajstić information content (AvgIpc) is 3.51. The Hall–Kier alpha value is -4.31. The first kappa shape index (κ1) is 35.5. The number of imidazole rings is 1. The van der Waals surface area contributed by atoms with Gasteiger partial charge in [0.1, 0.15) is 11.4 Å². The first-order valence-electron chi connectivity index (χ1n) is 16.3. The van der Waals surface area contributed by atoms with Crippen LogP contribution in [0.3, 0.4) is 0 Å². The van der Waals surface area contributed by atoms with Gasteiger partial charge >= 0.3 is 11.9 Å². The molecule has 2 unspecified atom stereocenters. The molecule has 10 nitrogen and oxygen atoms in total. The number of hydrogen-bond acceptors (Lipinski definition) is 8. The molecule has 4 rings (SSSR count). The Labute approximate surface area is 277 Å². The van der Waals surface area contributed by atoms with Crippen LogP contribution in [0.2, 0.25) is 0 Å². The van der Waals surface area contributed by atoms with Crippen LogP contribution < -0.4 is 0 Å². The number of hydrogen-bond donors (Lipinski definition) is 1. The normalized spacial score (nSPS) is 15.1. The van der Waals surface area contributed by atoms with Crippen LogP contribution in [-0.2, 0) is 32.1 Å². The number of esters is 1. The van der Waals surface area contributed by atoms with Crippen molar-refractivity contribution in [3.63, 3.8) is 0 Å². The highest BCUT2D eigenvalue weighted by atomic mass is 16.7. The van der Waals surface area contributed by atoms with Crippen molar-refractivity contribution in [2.24, 2.45) is 5.41 Å². The fourth-order valence-electron chi connectivity index (χ4n) is 5.75. The molecule has 10 heteroatoms. The molecule has 0 saturated carbocycles. The van der Waals surface area contributed by atoms with Gasteiger partial charge in [0, 0.05) is 31.7 Å². The van der Waals surface area contributed by atoms with Gasteiger partial charge < -0.3 is 19.2 Å². The summed E-state index contributed by atoms with van der Waals surface area (Å²) < 4.78 is 7.40. The first-order chi connectivity index (χ1) is 22.1. The number of imide groups is 1. The second-order valence-corrected chi connectivity index (χ2v) is 14.1. The van der Waals surface area contributed by atoms with E-state index in [9.17, 15) is 24.3 Å². The number of aryl methyl sites for hydroxylation is 1. The van der Waals surface area contributed by atoms with Crippen LogP contribution in [0.1, 0.15) is 125 Å². The van der Waals surface area contributed by atoms with E-state index in [4.69, 9.17) is 14.6 Å². The lowest BCUT2D eigenvalue weighted by molar-refractivity contribution is -0.172. The quantitative estimate of drug-likeness (QED) is 0.182. The predicted octanol–water partition coefficient (Wildman–Crippen LogP) is 6.63. The summed E-state index contributed by atoms with van der Waals surface area (Å²) in [6.07, 6.45) is 0.898. The zero-order valence-electron chi connectivity index (χ0n) is 28.8. The molecule has 0 spiro atoms. The number of carbonyl (C=O) groups excluding carboxylic acids is 4. The number of hydroxylamine groups is 2. The predicted molar refractivity (Wildman–Crippen MR) is 177 cm³/mol. The number of nitrogens with zero attached hydrogens (tertiary/aromatic N) is 3. The van der Waals surface area contributed by atoms with E-state index in [1.165, 1.54) is 0 Å². The molecule has 3 aromatic rings. The van der Waals surface area contributed by atoms with E-state index in [-0.39, 0.29) is 25.1 Å². The van der Waals surface area contributed by atoms with Crippen molar-refractivity contribution in [2.75, 3.05) is 0 Å². The number of benzene rings is 2. The number of rotatable bonds is 11. The molecular weight excluding hydrogens is 598 g/mol. The maximum absolute atomic E-state index is 13.9. The molecule has 1 aliphatic rings. The van der Waals surface area contributed by atoms with Crippen LogP contribution in [0.5, 0.6) is 0 Å². The molecule has 1 aliphatic heterocycles. The maximum Gasteiger partial charge on any atom is 0.382 e. The van der Waals surface area contributed by atoms with Crippen LogP contribution in [0.25, 0.3) is 11.1 Å². The number of amides is 2. The van der Waals surface area contributed by atoms with Crippen molar-refractivity contribution in [2.45, 2.75) is 112 Å². The minimum atomic E-state index is -0.874. The van der Waals surface area contributed by atoms with Crippen molar-refractivity contribution in [1.82, 2.24) is 14.6 Å². The Kier molecular flexibility index (Phi) is 10.7. The summed E-state index contributed by atoms with van der Waals surface area (Å²) in [6, 6.07) is 14.9. The third-order valence-corrected chi connectivity index (χ3v) is 8.13. The van der Waals surface area contributed by atoms with Gasteiger partial charge in [0.15, 0.2) is 5.69 Å². The number of aliphatic hydroxyl groups is 1. The fraction of sp³-hybridized carbons (Fsp3) is 0.486. The smallest absolute Gasteiger partial charge is 0.382 e. The molecule has 1 aromatic heterocycles. The zero-order chi connectivity index (χ0) is 34.7. The van der Waals surface area contributed by atoms with Crippen LogP contribution in [0.4, 0.5) is 0 Å². The Balaban J connectivity index is 1.77. The van der Waals surface area contributed by atoms with Crippen LogP contribution >= 0.6 is 0 Å². The van der Waals surface area contributed by atoms with E-state index in [0.29, 0.717) is 35.0 Å². The van der Waals surface area contributed by atoms with Crippen molar-refractivity contribution >= 4 is 23.8 Å². The zero-order valence-corrected chi connectivity index (χ0v) is 28.8. The summed E-state index contributed by atoms with van der Waals surface area (Å²) >= 11 is 0. The van der Waals surface area contributed by atoms with E-state index in [1.807, 2.05) is 91.8 Å². The molecule has 252 valence electrons. The molecule has 0 radical (unpaired) electrons. The largest absolute Gasteiger partial charge is 0.456 e. The Bertz CT molecular complexity index is 1610. The van der Waals surface area contributed by atoms with Crippen molar-refractivity contribution in [3.05, 3.63) is 76.9 Å². The molecule has 2 aromatic carbocycles. The molecule has 2 atom stereocenters. The third kappa shape index (κ3) is 8.16. The van der Waals surface area contributed by atoms with Crippen molar-refractivity contribution < 1.29 is 33.9 Å². The molecule has 0 aliphatic carbocycles. The second-order valence-electron chi connectivity index (χ2n) is 14.1. The lowest BCUT2D eigenvalue weighted by Crippen LogP contribution is -2.35. The van der Waals surface area contributed by atoms with E-state index >= 15 is 0 Å². The van der Waals surface area contributed by atoms with Gasteiger partial charge in [-0.15, -0.1) is 5.06 Å². The van der Waals surface area contributed by atoms with Crippen LogP contribution in [0.15, 0.2) is 48.5 Å². The number of aliphatic hydroxyl groups excluding tert-OH is 1. The van der Waals surface area contributed by atoms with Gasteiger partial charge in [-0.3, -0.25) is 9.59 Å². The second kappa shape index (κ2) is 14.2. The minimum Gasteiger partial charge on any atom is -0.456 e. The number of carbonyl (C=O) groups is 4. The lowest BCUT2D eigenvalue weighted by atomic mass is 9.78. The molecule has 0 bridgehead atoms. The van der Waals surface area contributed by atoms with E-state index in [2.05, 4.69) is 0 Å². The summed E-state index contributed by atoms with van der Waals surface area (Å²) in [7, 11) is 0. The van der Waals surface area contributed by atoms with Gasteiger partial charge in [-0.2, -0.15) is 0 Å². The lowest BCUT2D eigenvalue weighted by Gasteiger charge is -2.32. The topological polar surface area (TPSA) is 128 Å². The van der Waals surface area contributed by atoms with Gasteiger partial charge in [0.2, 0.25) is 0 Å². The first-order valence-corrected chi connectivity index (χ1v) is 16.3. The van der Waals surface area contributed by atoms with Crippen molar-refractivity contribution in [3.8, 4) is 11.1 Å². The molecule has 2 amide bonds. The van der Waals surface area contributed by atoms with E-state index < -0.39 is 46.8 Å². The third-order valence-electron chi connectivity index (χ3n) is 8.13. The highest BCUT2D eigenvalue weighted by Crippen LogP contribution is 2.37. The SMILES string of the molecule is CCCc1nc(C(CC)C(O)C(C)(C)C)c(C(=O)ON2C(=O)CCC2=O)n1Cc1ccc(-c2ccccc2C(=O)OC(C)(C)C)cc1. The Morgan fingerprint density at radius 3 is 2.09 bits per heavy atom. The Morgan fingerprint density at radius 2 is 1.53 bits per heavy atom. The molecule has 1 N–H and O–H groups in total. The van der Waals surface area contributed by atoms with Gasteiger partial charge in [-0.1, -0.05) is 77.1 Å². The van der Waals surface area contributed by atoms with E-state index in [1.54, 1.807) is 16.7 Å². The summed E-state index contributed by atoms with van der Waals surface area (Å²) in [5, 5.41) is 11.9. The summed E-state index contributed by atoms with van der Waals surface area (Å²) in [6.45, 7) is 15.4. The minimum absolute atomic E-state index is 0.0248. The standard InChI is InChI=1S/C37H47N3O7/c1-9-13-28-38-31(25(10-2)33(43)36(3,4)5)32(35(45)47-40-29(41)20-21-30(40)42)39(28)22-23-16-18-24(19-17-23)26-14-11-12-15-27(26)34(44)46-37(6,7)8/h11-12,14-19,25,33,43H,9-10,13,20-22H2,1-8H3. The molecule has 1 fully saturated rings. The van der Waals surface area contributed by atoms with Crippen LogP contribution in [0, 0.1) is 5.41 Å². The molecular formula is C37H47N3O7. The number of aromatic nitrogens is 2. The van der Waals surface area contributed by atoms with Gasteiger partial charge in [-0.25, -0.2) is 14.6 Å². The molecule has 1 saturated heterocycles. The summed E-state index contributed by atoms with van der Waals surface area (Å²) in [5.74, 6) is -2.31. The highest BCUT2D eigenvalue weighted by molar-refractivity contribution is 6.02. The van der Waals surface area contributed by atoms with Crippen molar-refractivity contribution in [1.29, 1.82) is 0 Å². The van der Waals surface area contributed by atoms with Gasteiger partial charge in [-0.05, 0) is 61.8 Å². The maximum atomic E-state index is 13.9. The fourth-order valence-corrected chi connectivity index (χ4v) is 5.75. The van der Waals surface area contributed by atoms with Gasteiger partial charge in [0.25, 0.3) is 11.8 Å². The summed E-state index contributed by atoms with van der Waals surface area (Å²) in [5.41, 5.74) is 2.19. The average molecular weight is 646 g/mol. The van der Waals surface area contributed by atoms with E-state index in [0.717, 1.165) is 23.1 Å². The Morgan fingerprint density at radius 1 is 0.915 bits per heavy atom. The van der Waals surface area contributed by atoms with Crippen LogP contribution in [-0.4, -0.2) is 55.2 Å². The molecule has 2 heterocycles.